The maximum Gasteiger partial charge on any atom is 0.257 e. The minimum absolute atomic E-state index is 0.0165. The van der Waals surface area contributed by atoms with Gasteiger partial charge >= 0.3 is 0 Å². The molecule has 18 heavy (non-hydrogen) atoms. The van der Waals surface area contributed by atoms with E-state index in [0.29, 0.717) is 18.2 Å². The van der Waals surface area contributed by atoms with Crippen LogP contribution in [0.3, 0.4) is 0 Å². The predicted octanol–water partition coefficient (Wildman–Crippen LogP) is 2.52. The molecule has 100 valence electrons. The number of aromatic hydroxyl groups is 1. The summed E-state index contributed by atoms with van der Waals surface area (Å²) < 4.78 is 5.06. The molecule has 0 heterocycles. The summed E-state index contributed by atoms with van der Waals surface area (Å²) in [4.78, 5) is 13.8. The molecule has 0 aliphatic heterocycles. The van der Waals surface area contributed by atoms with Gasteiger partial charge in [-0.15, -0.1) is 0 Å². The highest BCUT2D eigenvalue weighted by Gasteiger charge is 2.16. The van der Waals surface area contributed by atoms with Crippen LogP contribution in [-0.2, 0) is 0 Å². The largest absolute Gasteiger partial charge is 0.507 e. The Morgan fingerprint density at radius 1 is 1.44 bits per heavy atom. The van der Waals surface area contributed by atoms with E-state index in [4.69, 9.17) is 4.74 Å². The van der Waals surface area contributed by atoms with E-state index in [9.17, 15) is 9.90 Å². The van der Waals surface area contributed by atoms with Gasteiger partial charge in [-0.1, -0.05) is 13.8 Å². The van der Waals surface area contributed by atoms with Crippen LogP contribution in [0.5, 0.6) is 11.5 Å². The van der Waals surface area contributed by atoms with Crippen molar-refractivity contribution in [2.45, 2.75) is 20.3 Å². The van der Waals surface area contributed by atoms with E-state index in [2.05, 4.69) is 13.8 Å². The van der Waals surface area contributed by atoms with Gasteiger partial charge in [-0.25, -0.2) is 0 Å². The molecule has 0 aromatic heterocycles. The maximum absolute atomic E-state index is 12.2. The summed E-state index contributed by atoms with van der Waals surface area (Å²) in [6.45, 7) is 4.90. The number of carbonyl (C=O) groups is 1. The van der Waals surface area contributed by atoms with Crippen LogP contribution in [0.1, 0.15) is 30.6 Å². The minimum atomic E-state index is -0.188. The first kappa shape index (κ1) is 14.4. The third kappa shape index (κ3) is 3.65. The summed E-state index contributed by atoms with van der Waals surface area (Å²) >= 11 is 0. The monoisotopic (exact) mass is 251 g/mol. The van der Waals surface area contributed by atoms with Crippen molar-refractivity contribution < 1.29 is 14.6 Å². The van der Waals surface area contributed by atoms with E-state index < -0.39 is 0 Å². The van der Waals surface area contributed by atoms with Crippen molar-refractivity contribution >= 4 is 5.91 Å². The lowest BCUT2D eigenvalue weighted by Crippen LogP contribution is -2.28. The number of hydrogen-bond donors (Lipinski definition) is 1. The molecule has 1 rings (SSSR count). The average Bonchev–Trinajstić information content (AvgIpc) is 2.35. The van der Waals surface area contributed by atoms with E-state index >= 15 is 0 Å². The lowest BCUT2D eigenvalue weighted by Gasteiger charge is -2.19. The second-order valence-electron chi connectivity index (χ2n) is 4.79. The fourth-order valence-electron chi connectivity index (χ4n) is 1.57. The Bertz CT molecular complexity index is 416. The van der Waals surface area contributed by atoms with Gasteiger partial charge in [-0.2, -0.15) is 0 Å². The number of hydrogen-bond acceptors (Lipinski definition) is 3. The summed E-state index contributed by atoms with van der Waals surface area (Å²) in [5, 5.41) is 9.72. The third-order valence-electron chi connectivity index (χ3n) is 2.82. The van der Waals surface area contributed by atoms with E-state index in [-0.39, 0.29) is 17.2 Å². The van der Waals surface area contributed by atoms with Gasteiger partial charge in [-0.05, 0) is 30.5 Å². The SMILES string of the molecule is COc1ccc(O)c(C(=O)N(C)CCC(C)C)c1. The summed E-state index contributed by atoms with van der Waals surface area (Å²) in [6, 6.07) is 4.66. The first-order valence-corrected chi connectivity index (χ1v) is 6.08. The number of benzene rings is 1. The first-order chi connectivity index (χ1) is 8.45. The number of methoxy groups -OCH3 is 1. The van der Waals surface area contributed by atoms with Crippen LogP contribution in [0.4, 0.5) is 0 Å². The minimum Gasteiger partial charge on any atom is -0.507 e. The first-order valence-electron chi connectivity index (χ1n) is 6.08. The molecule has 1 aromatic rings. The van der Waals surface area contributed by atoms with Crippen LogP contribution in [-0.4, -0.2) is 36.6 Å². The van der Waals surface area contributed by atoms with Gasteiger partial charge in [0.1, 0.15) is 11.5 Å². The molecular formula is C14H21NO3. The molecule has 0 fully saturated rings. The zero-order valence-electron chi connectivity index (χ0n) is 11.4. The van der Waals surface area contributed by atoms with Crippen LogP contribution >= 0.6 is 0 Å². The molecule has 1 N–H and O–H groups in total. The number of amides is 1. The molecule has 4 heteroatoms. The maximum atomic E-state index is 12.2. The highest BCUT2D eigenvalue weighted by Crippen LogP contribution is 2.24. The van der Waals surface area contributed by atoms with Crippen LogP contribution in [0, 0.1) is 5.92 Å². The lowest BCUT2D eigenvalue weighted by molar-refractivity contribution is 0.0786. The van der Waals surface area contributed by atoms with Crippen LogP contribution in [0.25, 0.3) is 0 Å². The average molecular weight is 251 g/mol. The van der Waals surface area contributed by atoms with Crippen molar-refractivity contribution in [2.75, 3.05) is 20.7 Å². The molecule has 0 bridgehead atoms. The number of ether oxygens (including phenoxy) is 1. The zero-order chi connectivity index (χ0) is 13.7. The Balaban J connectivity index is 2.82. The molecule has 0 saturated carbocycles. The molecule has 0 aliphatic rings. The van der Waals surface area contributed by atoms with E-state index in [0.717, 1.165) is 6.42 Å². The van der Waals surface area contributed by atoms with Crippen molar-refractivity contribution in [3.05, 3.63) is 23.8 Å². The molecule has 0 spiro atoms. The van der Waals surface area contributed by atoms with E-state index in [1.165, 1.54) is 13.2 Å². The number of nitrogens with zero attached hydrogens (tertiary/aromatic N) is 1. The fourth-order valence-corrected chi connectivity index (χ4v) is 1.57. The quantitative estimate of drug-likeness (QED) is 0.874. The van der Waals surface area contributed by atoms with Gasteiger partial charge in [-0.3, -0.25) is 4.79 Å². The van der Waals surface area contributed by atoms with E-state index in [1.54, 1.807) is 24.1 Å². The standard InChI is InChI=1S/C14H21NO3/c1-10(2)7-8-15(3)14(17)12-9-11(18-4)5-6-13(12)16/h5-6,9-10,16H,7-8H2,1-4H3. The van der Waals surface area contributed by atoms with Gasteiger partial charge in [0.2, 0.25) is 0 Å². The molecule has 1 aromatic carbocycles. The predicted molar refractivity (Wildman–Crippen MR) is 71.1 cm³/mol. The van der Waals surface area contributed by atoms with Crippen molar-refractivity contribution in [1.82, 2.24) is 4.90 Å². The zero-order valence-corrected chi connectivity index (χ0v) is 11.4. The molecule has 4 nitrogen and oxygen atoms in total. The van der Waals surface area contributed by atoms with Crippen molar-refractivity contribution in [3.63, 3.8) is 0 Å². The third-order valence-corrected chi connectivity index (χ3v) is 2.82. The van der Waals surface area contributed by atoms with Crippen LogP contribution < -0.4 is 4.74 Å². The lowest BCUT2D eigenvalue weighted by atomic mass is 10.1. The van der Waals surface area contributed by atoms with Crippen LogP contribution in [0.2, 0.25) is 0 Å². The summed E-state index contributed by atoms with van der Waals surface area (Å²) in [5.74, 6) is 0.900. The van der Waals surface area contributed by atoms with Crippen molar-refractivity contribution in [1.29, 1.82) is 0 Å². The Hall–Kier alpha value is -1.71. The van der Waals surface area contributed by atoms with Gasteiger partial charge in [0.25, 0.3) is 5.91 Å². The number of carbonyl (C=O) groups excluding carboxylic acids is 1. The Morgan fingerprint density at radius 3 is 2.67 bits per heavy atom. The highest BCUT2D eigenvalue weighted by atomic mass is 16.5. The summed E-state index contributed by atoms with van der Waals surface area (Å²) in [7, 11) is 3.27. The highest BCUT2D eigenvalue weighted by molar-refractivity contribution is 5.97. The van der Waals surface area contributed by atoms with Crippen molar-refractivity contribution in [2.24, 2.45) is 5.92 Å². The van der Waals surface area contributed by atoms with Crippen molar-refractivity contribution in [3.8, 4) is 11.5 Å². The number of rotatable bonds is 5. The van der Waals surface area contributed by atoms with Crippen LogP contribution in [0.15, 0.2) is 18.2 Å². The number of phenols is 1. The molecule has 0 aliphatic carbocycles. The smallest absolute Gasteiger partial charge is 0.257 e. The molecular weight excluding hydrogens is 230 g/mol. The Labute approximate surface area is 108 Å². The molecule has 0 unspecified atom stereocenters. The number of phenolic OH excluding ortho intramolecular Hbond substituents is 1. The molecule has 1 amide bonds. The van der Waals surface area contributed by atoms with Gasteiger partial charge in [0, 0.05) is 13.6 Å². The second kappa shape index (κ2) is 6.28. The normalized spacial score (nSPS) is 10.5. The molecule has 0 radical (unpaired) electrons. The Morgan fingerprint density at radius 2 is 2.11 bits per heavy atom. The summed E-state index contributed by atoms with van der Waals surface area (Å²) in [5.41, 5.74) is 0.278. The topological polar surface area (TPSA) is 49.8 Å². The van der Waals surface area contributed by atoms with Gasteiger partial charge in [0.15, 0.2) is 0 Å². The fraction of sp³-hybridized carbons (Fsp3) is 0.500. The Kier molecular flexibility index (Phi) is 5.01. The molecule has 0 saturated heterocycles. The van der Waals surface area contributed by atoms with Gasteiger partial charge in [0.05, 0.1) is 12.7 Å². The molecule has 0 atom stereocenters. The van der Waals surface area contributed by atoms with Gasteiger partial charge < -0.3 is 14.7 Å². The second-order valence-corrected chi connectivity index (χ2v) is 4.79. The van der Waals surface area contributed by atoms with E-state index in [1.807, 2.05) is 0 Å². The summed E-state index contributed by atoms with van der Waals surface area (Å²) in [6.07, 6.45) is 0.937.